The molecule has 1 heterocycles. The number of pyridine rings is 1. The summed E-state index contributed by atoms with van der Waals surface area (Å²) in [5.74, 6) is 1.16. The van der Waals surface area contributed by atoms with E-state index >= 15 is 0 Å². The van der Waals surface area contributed by atoms with Gasteiger partial charge in [-0.2, -0.15) is 0 Å². The predicted octanol–water partition coefficient (Wildman–Crippen LogP) is 2.94. The van der Waals surface area contributed by atoms with Crippen LogP contribution in [0, 0.1) is 0 Å². The molecule has 0 unspecified atom stereocenters. The van der Waals surface area contributed by atoms with Crippen molar-refractivity contribution < 1.29 is 0 Å². The first-order chi connectivity index (χ1) is 9.33. The Kier molecular flexibility index (Phi) is 3.38. The molecule has 1 fully saturated rings. The second kappa shape index (κ2) is 5.17. The van der Waals surface area contributed by atoms with Gasteiger partial charge in [0.15, 0.2) is 0 Å². The minimum absolute atomic E-state index is 0.700. The number of hydrogen-bond acceptors (Lipinski definition) is 3. The maximum Gasteiger partial charge on any atom is 0.137 e. The van der Waals surface area contributed by atoms with Crippen molar-refractivity contribution in [3.05, 3.63) is 36.0 Å². The van der Waals surface area contributed by atoms with Gasteiger partial charge >= 0.3 is 0 Å². The molecule has 0 atom stereocenters. The summed E-state index contributed by atoms with van der Waals surface area (Å²) in [6, 6.07) is 11.5. The molecule has 3 heteroatoms. The van der Waals surface area contributed by atoms with Crippen molar-refractivity contribution in [2.24, 2.45) is 0 Å². The van der Waals surface area contributed by atoms with Gasteiger partial charge in [0.05, 0.1) is 5.69 Å². The molecule has 100 valence electrons. The van der Waals surface area contributed by atoms with E-state index in [1.54, 1.807) is 0 Å². The predicted molar refractivity (Wildman–Crippen MR) is 80.5 cm³/mol. The third-order valence-electron chi connectivity index (χ3n) is 3.73. The van der Waals surface area contributed by atoms with E-state index in [4.69, 9.17) is 4.98 Å². The quantitative estimate of drug-likeness (QED) is 0.890. The van der Waals surface area contributed by atoms with Crippen molar-refractivity contribution >= 4 is 16.6 Å². The maximum absolute atomic E-state index is 4.89. The highest BCUT2D eigenvalue weighted by Gasteiger charge is 2.29. The van der Waals surface area contributed by atoms with Crippen LogP contribution in [-0.2, 0) is 6.54 Å². The Morgan fingerprint density at radius 2 is 2.11 bits per heavy atom. The van der Waals surface area contributed by atoms with Crippen molar-refractivity contribution in [3.8, 4) is 0 Å². The van der Waals surface area contributed by atoms with E-state index < -0.39 is 0 Å². The monoisotopic (exact) mass is 255 g/mol. The highest BCUT2D eigenvalue weighted by atomic mass is 15.2. The van der Waals surface area contributed by atoms with Crippen molar-refractivity contribution in [2.75, 3.05) is 18.5 Å². The van der Waals surface area contributed by atoms with E-state index in [1.165, 1.54) is 23.6 Å². The Morgan fingerprint density at radius 1 is 1.32 bits per heavy atom. The van der Waals surface area contributed by atoms with Crippen LogP contribution in [0.5, 0.6) is 0 Å². The zero-order valence-electron chi connectivity index (χ0n) is 11.7. The molecule has 1 N–H and O–H groups in total. The molecular weight excluding hydrogens is 234 g/mol. The average Bonchev–Trinajstić information content (AvgIpc) is 3.25. The highest BCUT2D eigenvalue weighted by molar-refractivity contribution is 5.92. The van der Waals surface area contributed by atoms with Crippen LogP contribution in [0.2, 0.25) is 0 Å². The number of aromatic nitrogens is 1. The van der Waals surface area contributed by atoms with Crippen molar-refractivity contribution in [3.63, 3.8) is 0 Å². The number of benzene rings is 1. The molecule has 3 nitrogen and oxygen atoms in total. The number of nitrogens with one attached hydrogen (secondary N) is 1. The van der Waals surface area contributed by atoms with Gasteiger partial charge in [-0.1, -0.05) is 24.3 Å². The summed E-state index contributed by atoms with van der Waals surface area (Å²) >= 11 is 0. The van der Waals surface area contributed by atoms with Gasteiger partial charge in [-0.25, -0.2) is 4.98 Å². The summed E-state index contributed by atoms with van der Waals surface area (Å²) in [5, 5.41) is 5.76. The van der Waals surface area contributed by atoms with Crippen LogP contribution in [0.25, 0.3) is 10.8 Å². The zero-order valence-corrected chi connectivity index (χ0v) is 11.7. The van der Waals surface area contributed by atoms with E-state index in [-0.39, 0.29) is 0 Å². The van der Waals surface area contributed by atoms with Gasteiger partial charge in [-0.05, 0) is 38.3 Å². The Balaban J connectivity index is 2.13. The highest BCUT2D eigenvalue weighted by Crippen LogP contribution is 2.34. The summed E-state index contributed by atoms with van der Waals surface area (Å²) < 4.78 is 0. The Labute approximate surface area is 114 Å². The summed E-state index contributed by atoms with van der Waals surface area (Å²) in [5.41, 5.74) is 1.12. The standard InChI is InChI=1S/C16H21N3/c1-3-19(14-8-9-14)16-15-7-5-4-6-12(15)10-13(18-16)11-17-2/h4-7,10,14,17H,3,8-9,11H2,1-2H3. The third kappa shape index (κ3) is 2.43. The Bertz CT molecular complexity index is 575. The Morgan fingerprint density at radius 3 is 2.79 bits per heavy atom. The summed E-state index contributed by atoms with van der Waals surface area (Å²) in [4.78, 5) is 7.35. The van der Waals surface area contributed by atoms with Crippen molar-refractivity contribution in [1.82, 2.24) is 10.3 Å². The fourth-order valence-electron chi connectivity index (χ4n) is 2.69. The molecule has 0 saturated heterocycles. The average molecular weight is 255 g/mol. The summed E-state index contributed by atoms with van der Waals surface area (Å²) in [6.07, 6.45) is 2.61. The zero-order chi connectivity index (χ0) is 13.2. The van der Waals surface area contributed by atoms with Gasteiger partial charge in [0.25, 0.3) is 0 Å². The second-order valence-electron chi connectivity index (χ2n) is 5.21. The minimum Gasteiger partial charge on any atom is -0.353 e. The van der Waals surface area contributed by atoms with Crippen molar-refractivity contribution in [2.45, 2.75) is 32.4 Å². The number of anilines is 1. The normalized spacial score (nSPS) is 14.8. The molecule has 1 aliphatic carbocycles. The van der Waals surface area contributed by atoms with Crippen LogP contribution in [0.1, 0.15) is 25.5 Å². The van der Waals surface area contributed by atoms with E-state index in [9.17, 15) is 0 Å². The van der Waals surface area contributed by atoms with E-state index in [0.29, 0.717) is 6.04 Å². The largest absolute Gasteiger partial charge is 0.353 e. The molecule has 1 saturated carbocycles. The molecule has 1 aromatic heterocycles. The number of nitrogens with zero attached hydrogens (tertiary/aromatic N) is 2. The SMILES string of the molecule is CCN(c1nc(CNC)cc2ccccc12)C1CC1. The molecule has 3 rings (SSSR count). The molecule has 1 aliphatic rings. The molecule has 19 heavy (non-hydrogen) atoms. The van der Waals surface area contributed by atoms with Crippen LogP contribution in [0.3, 0.4) is 0 Å². The van der Waals surface area contributed by atoms with Gasteiger partial charge in [0.2, 0.25) is 0 Å². The van der Waals surface area contributed by atoms with Crippen molar-refractivity contribution in [1.29, 1.82) is 0 Å². The topological polar surface area (TPSA) is 28.2 Å². The lowest BCUT2D eigenvalue weighted by Crippen LogP contribution is -2.26. The summed E-state index contributed by atoms with van der Waals surface area (Å²) in [7, 11) is 1.97. The van der Waals surface area contributed by atoms with Crippen LogP contribution < -0.4 is 10.2 Å². The lowest BCUT2D eigenvalue weighted by atomic mass is 10.1. The lowest BCUT2D eigenvalue weighted by molar-refractivity contribution is 0.771. The lowest BCUT2D eigenvalue weighted by Gasteiger charge is -2.24. The van der Waals surface area contributed by atoms with E-state index in [2.05, 4.69) is 47.5 Å². The summed E-state index contributed by atoms with van der Waals surface area (Å²) in [6.45, 7) is 4.07. The van der Waals surface area contributed by atoms with E-state index in [1.807, 2.05) is 7.05 Å². The molecule has 0 radical (unpaired) electrons. The smallest absolute Gasteiger partial charge is 0.137 e. The Hall–Kier alpha value is -1.61. The van der Waals surface area contributed by atoms with Crippen LogP contribution >= 0.6 is 0 Å². The van der Waals surface area contributed by atoms with Crippen LogP contribution in [0.15, 0.2) is 30.3 Å². The molecule has 0 aliphatic heterocycles. The molecular formula is C16H21N3. The first-order valence-corrected chi connectivity index (χ1v) is 7.13. The number of fused-ring (bicyclic) bond motifs is 1. The molecule has 0 bridgehead atoms. The minimum atomic E-state index is 0.700. The van der Waals surface area contributed by atoms with Crippen LogP contribution in [-0.4, -0.2) is 24.6 Å². The number of hydrogen-bond donors (Lipinski definition) is 1. The van der Waals surface area contributed by atoms with Gasteiger partial charge < -0.3 is 10.2 Å². The second-order valence-corrected chi connectivity index (χ2v) is 5.21. The first kappa shape index (κ1) is 12.4. The van der Waals surface area contributed by atoms with Gasteiger partial charge in [-0.15, -0.1) is 0 Å². The number of rotatable bonds is 5. The molecule has 0 amide bonds. The maximum atomic E-state index is 4.89. The fraction of sp³-hybridized carbons (Fsp3) is 0.438. The fourth-order valence-corrected chi connectivity index (χ4v) is 2.69. The molecule has 0 spiro atoms. The van der Waals surface area contributed by atoms with Gasteiger partial charge in [-0.3, -0.25) is 0 Å². The van der Waals surface area contributed by atoms with Gasteiger partial charge in [0, 0.05) is 24.5 Å². The molecule has 1 aromatic carbocycles. The molecule has 2 aromatic rings. The van der Waals surface area contributed by atoms with Gasteiger partial charge in [0.1, 0.15) is 5.82 Å². The van der Waals surface area contributed by atoms with E-state index in [0.717, 1.165) is 24.6 Å². The van der Waals surface area contributed by atoms with Crippen LogP contribution in [0.4, 0.5) is 5.82 Å². The third-order valence-corrected chi connectivity index (χ3v) is 3.73. The first-order valence-electron chi connectivity index (χ1n) is 7.13.